The van der Waals surface area contributed by atoms with Gasteiger partial charge in [-0.2, -0.15) is 0 Å². The molecule has 0 aromatic carbocycles. The van der Waals surface area contributed by atoms with E-state index in [2.05, 4.69) is 0 Å². The van der Waals surface area contributed by atoms with Crippen LogP contribution in [-0.4, -0.2) is 16.1 Å². The monoisotopic (exact) mass is 146 g/mol. The summed E-state index contributed by atoms with van der Waals surface area (Å²) >= 11 is -0.469. The number of rotatable bonds is 0. The van der Waals surface area contributed by atoms with E-state index in [0.717, 1.165) is 11.5 Å². The highest BCUT2D eigenvalue weighted by molar-refractivity contribution is 7.91. The molecule has 1 heterocycles. The third-order valence-electron chi connectivity index (χ3n) is 1.74. The van der Waals surface area contributed by atoms with Gasteiger partial charge < -0.3 is 4.55 Å². The molecule has 1 aliphatic heterocycles. The predicted octanol–water partition coefficient (Wildman–Crippen LogP) is 1.70. The van der Waals surface area contributed by atoms with Crippen LogP contribution in [0.1, 0.15) is 32.1 Å². The molecule has 1 aliphatic rings. The first-order valence-corrected chi connectivity index (χ1v) is 5.23. The van der Waals surface area contributed by atoms with Crippen molar-refractivity contribution in [3.8, 4) is 0 Å². The number of hydrogen-bond acceptors (Lipinski definition) is 1. The van der Waals surface area contributed by atoms with Gasteiger partial charge in [-0.05, 0) is 25.7 Å². The van der Waals surface area contributed by atoms with E-state index in [4.69, 9.17) is 0 Å². The molecule has 0 spiro atoms. The molecule has 9 heavy (non-hydrogen) atoms. The lowest BCUT2D eigenvalue weighted by atomic mass is 10.2. The van der Waals surface area contributed by atoms with E-state index in [1.165, 1.54) is 32.1 Å². The van der Waals surface area contributed by atoms with Crippen LogP contribution in [0.4, 0.5) is 0 Å². The minimum absolute atomic E-state index is 0.469. The quantitative estimate of drug-likeness (QED) is 0.477. The van der Waals surface area contributed by atoms with Crippen molar-refractivity contribution in [2.24, 2.45) is 0 Å². The predicted molar refractivity (Wildman–Crippen MR) is 41.0 cm³/mol. The normalized spacial score (nSPS) is 25.0. The van der Waals surface area contributed by atoms with Crippen LogP contribution in [0.2, 0.25) is 0 Å². The van der Waals surface area contributed by atoms with Crippen LogP contribution < -0.4 is 0 Å². The molecule has 0 atom stereocenters. The molecule has 1 saturated heterocycles. The molecule has 0 aromatic heterocycles. The van der Waals surface area contributed by atoms with Crippen molar-refractivity contribution in [1.82, 2.24) is 0 Å². The Balaban J connectivity index is 2.12. The molecular weight excluding hydrogens is 132 g/mol. The standard InChI is InChI=1S/C7H14OS/c8-9-6-4-2-1-3-5-7-9/h1-7H2. The van der Waals surface area contributed by atoms with Gasteiger partial charge in [0, 0.05) is 0 Å². The second kappa shape index (κ2) is 4.18. The lowest BCUT2D eigenvalue weighted by Crippen LogP contribution is -2.12. The largest absolute Gasteiger partial charge is 0.616 e. The summed E-state index contributed by atoms with van der Waals surface area (Å²) < 4.78 is 10.9. The van der Waals surface area contributed by atoms with Gasteiger partial charge in [-0.1, -0.05) is 17.6 Å². The molecule has 0 radical (unpaired) electrons. The van der Waals surface area contributed by atoms with Gasteiger partial charge in [-0.15, -0.1) is 0 Å². The lowest BCUT2D eigenvalue weighted by Gasteiger charge is -2.13. The first-order valence-electron chi connectivity index (χ1n) is 3.74. The first-order chi connectivity index (χ1) is 4.39. The van der Waals surface area contributed by atoms with Gasteiger partial charge in [-0.3, -0.25) is 0 Å². The highest BCUT2D eigenvalue weighted by atomic mass is 32.2. The van der Waals surface area contributed by atoms with E-state index >= 15 is 0 Å². The summed E-state index contributed by atoms with van der Waals surface area (Å²) in [6.45, 7) is 0. The summed E-state index contributed by atoms with van der Waals surface area (Å²) in [6, 6.07) is 0. The fourth-order valence-electron chi connectivity index (χ4n) is 1.16. The molecule has 0 bridgehead atoms. The average molecular weight is 146 g/mol. The third-order valence-corrected chi connectivity index (χ3v) is 3.23. The van der Waals surface area contributed by atoms with Crippen molar-refractivity contribution >= 4 is 11.2 Å². The highest BCUT2D eigenvalue weighted by Crippen LogP contribution is 2.11. The van der Waals surface area contributed by atoms with Crippen LogP contribution in [0.15, 0.2) is 0 Å². The van der Waals surface area contributed by atoms with Crippen molar-refractivity contribution in [2.45, 2.75) is 32.1 Å². The molecule has 1 nitrogen and oxygen atoms in total. The fourth-order valence-corrected chi connectivity index (χ4v) is 2.41. The second-order valence-corrected chi connectivity index (χ2v) is 4.31. The Labute approximate surface area is 60.0 Å². The summed E-state index contributed by atoms with van der Waals surface area (Å²) in [4.78, 5) is 0. The Morgan fingerprint density at radius 3 is 1.78 bits per heavy atom. The van der Waals surface area contributed by atoms with E-state index in [-0.39, 0.29) is 0 Å². The van der Waals surface area contributed by atoms with Gasteiger partial charge in [0.15, 0.2) is 0 Å². The maximum Gasteiger partial charge on any atom is 0.105 e. The smallest absolute Gasteiger partial charge is 0.105 e. The molecule has 0 amide bonds. The van der Waals surface area contributed by atoms with E-state index < -0.39 is 11.2 Å². The average Bonchev–Trinajstić information content (AvgIpc) is 1.79. The van der Waals surface area contributed by atoms with Crippen molar-refractivity contribution < 1.29 is 4.55 Å². The Hall–Kier alpha value is 0.310. The molecular formula is C7H14OS. The summed E-state index contributed by atoms with van der Waals surface area (Å²) in [5.74, 6) is 1.92. The van der Waals surface area contributed by atoms with Crippen LogP contribution in [0, 0.1) is 0 Å². The van der Waals surface area contributed by atoms with Crippen LogP contribution in [0.25, 0.3) is 0 Å². The minimum atomic E-state index is -0.469. The zero-order valence-corrected chi connectivity index (χ0v) is 6.58. The second-order valence-electron chi connectivity index (χ2n) is 2.62. The molecule has 0 unspecified atom stereocenters. The molecule has 54 valence electrons. The molecule has 0 aromatic rings. The molecule has 2 heteroatoms. The van der Waals surface area contributed by atoms with Gasteiger partial charge in [-0.25, -0.2) is 0 Å². The molecule has 1 fully saturated rings. The third kappa shape index (κ3) is 3.11. The van der Waals surface area contributed by atoms with Gasteiger partial charge >= 0.3 is 0 Å². The van der Waals surface area contributed by atoms with Crippen LogP contribution in [-0.2, 0) is 11.2 Å². The van der Waals surface area contributed by atoms with E-state index in [1.807, 2.05) is 0 Å². The van der Waals surface area contributed by atoms with Gasteiger partial charge in [0.2, 0.25) is 0 Å². The fraction of sp³-hybridized carbons (Fsp3) is 1.00. The minimum Gasteiger partial charge on any atom is -0.616 e. The SMILES string of the molecule is [O-][S+]1CCCCCCC1. The first kappa shape index (κ1) is 7.42. The van der Waals surface area contributed by atoms with Crippen molar-refractivity contribution in [3.63, 3.8) is 0 Å². The maximum absolute atomic E-state index is 10.9. The van der Waals surface area contributed by atoms with E-state index in [9.17, 15) is 4.55 Å². The number of hydrogen-bond donors (Lipinski definition) is 0. The van der Waals surface area contributed by atoms with Gasteiger partial charge in [0.1, 0.15) is 11.5 Å². The van der Waals surface area contributed by atoms with E-state index in [0.29, 0.717) is 0 Å². The zero-order valence-electron chi connectivity index (χ0n) is 5.77. The van der Waals surface area contributed by atoms with Gasteiger partial charge in [0.05, 0.1) is 0 Å². The summed E-state index contributed by atoms with van der Waals surface area (Å²) in [5.41, 5.74) is 0. The van der Waals surface area contributed by atoms with Gasteiger partial charge in [0.25, 0.3) is 0 Å². The summed E-state index contributed by atoms with van der Waals surface area (Å²) in [6.07, 6.45) is 6.33. The van der Waals surface area contributed by atoms with Crippen LogP contribution in [0.3, 0.4) is 0 Å². The van der Waals surface area contributed by atoms with E-state index in [1.54, 1.807) is 0 Å². The van der Waals surface area contributed by atoms with Crippen molar-refractivity contribution in [1.29, 1.82) is 0 Å². The van der Waals surface area contributed by atoms with Crippen LogP contribution >= 0.6 is 0 Å². The summed E-state index contributed by atoms with van der Waals surface area (Å²) in [7, 11) is 0. The Morgan fingerprint density at radius 2 is 1.22 bits per heavy atom. The Morgan fingerprint density at radius 1 is 0.778 bits per heavy atom. The highest BCUT2D eigenvalue weighted by Gasteiger charge is 2.07. The van der Waals surface area contributed by atoms with Crippen molar-refractivity contribution in [2.75, 3.05) is 11.5 Å². The van der Waals surface area contributed by atoms with Crippen molar-refractivity contribution in [3.05, 3.63) is 0 Å². The topological polar surface area (TPSA) is 23.1 Å². The lowest BCUT2D eigenvalue weighted by molar-refractivity contribution is 0.568. The molecule has 0 aliphatic carbocycles. The molecule has 1 rings (SSSR count). The zero-order chi connectivity index (χ0) is 6.53. The Kier molecular flexibility index (Phi) is 3.44. The molecule has 0 saturated carbocycles. The molecule has 0 N–H and O–H groups in total. The summed E-state index contributed by atoms with van der Waals surface area (Å²) in [5, 5.41) is 0. The van der Waals surface area contributed by atoms with Crippen LogP contribution in [0.5, 0.6) is 0 Å². The Bertz CT molecular complexity index is 67.3. The maximum atomic E-state index is 10.9.